The summed E-state index contributed by atoms with van der Waals surface area (Å²) in [6.07, 6.45) is 4.84. The van der Waals surface area contributed by atoms with Crippen molar-refractivity contribution in [3.63, 3.8) is 0 Å². The van der Waals surface area contributed by atoms with Gasteiger partial charge in [0.15, 0.2) is 5.78 Å². The maximum Gasteiger partial charge on any atom is 0.166 e. The molecule has 3 rings (SSSR count). The van der Waals surface area contributed by atoms with Gasteiger partial charge in [0.2, 0.25) is 0 Å². The maximum atomic E-state index is 12.8. The Hall–Kier alpha value is -0.760. The molecule has 2 heteroatoms. The SMILES string of the molecule is CC(C)(C)c1cccc(C(=O)C2CC3CCC(C2)S3)c1. The molecule has 108 valence electrons. The average molecular weight is 288 g/mol. The van der Waals surface area contributed by atoms with Gasteiger partial charge in [-0.1, -0.05) is 39.0 Å². The molecular weight excluding hydrogens is 264 g/mol. The molecule has 2 unspecified atom stereocenters. The summed E-state index contributed by atoms with van der Waals surface area (Å²) in [5.41, 5.74) is 2.29. The Kier molecular flexibility index (Phi) is 3.70. The second kappa shape index (κ2) is 5.22. The lowest BCUT2D eigenvalue weighted by molar-refractivity contribution is 0.0907. The minimum atomic E-state index is 0.109. The Morgan fingerprint density at radius 3 is 2.40 bits per heavy atom. The lowest BCUT2D eigenvalue weighted by Crippen LogP contribution is -2.25. The fraction of sp³-hybridized carbons (Fsp3) is 0.611. The molecule has 1 nitrogen and oxygen atoms in total. The number of thioether (sulfide) groups is 1. The zero-order chi connectivity index (χ0) is 14.3. The molecule has 20 heavy (non-hydrogen) atoms. The van der Waals surface area contributed by atoms with Gasteiger partial charge in [0.25, 0.3) is 0 Å². The molecule has 0 aliphatic carbocycles. The van der Waals surface area contributed by atoms with Crippen molar-refractivity contribution < 1.29 is 4.79 Å². The molecule has 2 bridgehead atoms. The lowest BCUT2D eigenvalue weighted by atomic mass is 9.84. The summed E-state index contributed by atoms with van der Waals surface area (Å²) in [6.45, 7) is 6.61. The van der Waals surface area contributed by atoms with Crippen molar-refractivity contribution in [3.8, 4) is 0 Å². The van der Waals surface area contributed by atoms with E-state index in [1.54, 1.807) is 0 Å². The standard InChI is InChI=1S/C18H24OS/c1-18(2,3)14-6-4-5-12(9-14)17(19)13-10-15-7-8-16(11-13)20-15/h4-6,9,13,15-16H,7-8,10-11H2,1-3H3. The van der Waals surface area contributed by atoms with E-state index in [0.717, 1.165) is 28.9 Å². The molecular formula is C18H24OS. The highest BCUT2D eigenvalue weighted by molar-refractivity contribution is 8.00. The van der Waals surface area contributed by atoms with Crippen molar-refractivity contribution >= 4 is 17.5 Å². The predicted molar refractivity (Wildman–Crippen MR) is 86.6 cm³/mol. The van der Waals surface area contributed by atoms with Gasteiger partial charge in [-0.15, -0.1) is 0 Å². The molecule has 0 N–H and O–H groups in total. The number of Topliss-reactive ketones (excluding diaryl/α,β-unsaturated/α-hetero) is 1. The van der Waals surface area contributed by atoms with Crippen molar-refractivity contribution in [1.29, 1.82) is 0 Å². The van der Waals surface area contributed by atoms with E-state index in [-0.39, 0.29) is 11.3 Å². The second-order valence-corrected chi connectivity index (χ2v) is 8.93. The van der Waals surface area contributed by atoms with E-state index in [1.807, 2.05) is 12.1 Å². The van der Waals surface area contributed by atoms with Crippen LogP contribution in [0.5, 0.6) is 0 Å². The third-order valence-electron chi connectivity index (χ3n) is 4.67. The van der Waals surface area contributed by atoms with Gasteiger partial charge in [0, 0.05) is 22.0 Å². The maximum absolute atomic E-state index is 12.8. The minimum Gasteiger partial charge on any atom is -0.294 e. The fourth-order valence-corrected chi connectivity index (χ4v) is 5.22. The van der Waals surface area contributed by atoms with Crippen LogP contribution in [0.1, 0.15) is 62.4 Å². The van der Waals surface area contributed by atoms with Gasteiger partial charge in [0.05, 0.1) is 0 Å². The Balaban J connectivity index is 1.80. The van der Waals surface area contributed by atoms with Crippen LogP contribution < -0.4 is 0 Å². The van der Waals surface area contributed by atoms with E-state index >= 15 is 0 Å². The first kappa shape index (κ1) is 14.2. The van der Waals surface area contributed by atoms with Gasteiger partial charge in [-0.2, -0.15) is 11.8 Å². The predicted octanol–water partition coefficient (Wildman–Crippen LogP) is 4.84. The molecule has 2 saturated heterocycles. The first-order valence-corrected chi connectivity index (χ1v) is 8.68. The largest absolute Gasteiger partial charge is 0.294 e. The number of benzene rings is 1. The van der Waals surface area contributed by atoms with Crippen molar-refractivity contribution in [2.75, 3.05) is 0 Å². The Bertz CT molecular complexity index is 502. The molecule has 2 atom stereocenters. The fourth-order valence-electron chi connectivity index (χ4n) is 3.45. The number of fused-ring (bicyclic) bond motifs is 2. The van der Waals surface area contributed by atoms with Crippen LogP contribution in [0, 0.1) is 5.92 Å². The second-order valence-electron chi connectivity index (χ2n) is 7.32. The van der Waals surface area contributed by atoms with Crippen LogP contribution in [-0.2, 0) is 5.41 Å². The molecule has 2 heterocycles. The van der Waals surface area contributed by atoms with Crippen LogP contribution >= 0.6 is 11.8 Å². The summed E-state index contributed by atoms with van der Waals surface area (Å²) in [5, 5.41) is 1.49. The zero-order valence-electron chi connectivity index (χ0n) is 12.7. The minimum absolute atomic E-state index is 0.109. The summed E-state index contributed by atoms with van der Waals surface area (Å²) in [6, 6.07) is 8.30. The van der Waals surface area contributed by atoms with Crippen LogP contribution in [0.2, 0.25) is 0 Å². The summed E-state index contributed by atoms with van der Waals surface area (Å²) in [4.78, 5) is 12.8. The monoisotopic (exact) mass is 288 g/mol. The summed E-state index contributed by atoms with van der Waals surface area (Å²) in [5.74, 6) is 0.650. The van der Waals surface area contributed by atoms with Crippen molar-refractivity contribution in [2.45, 2.75) is 62.4 Å². The highest BCUT2D eigenvalue weighted by Gasteiger charge is 2.37. The molecule has 0 amide bonds. The Morgan fingerprint density at radius 2 is 1.80 bits per heavy atom. The van der Waals surface area contributed by atoms with E-state index in [9.17, 15) is 4.79 Å². The highest BCUT2D eigenvalue weighted by Crippen LogP contribution is 2.46. The van der Waals surface area contributed by atoms with Crippen LogP contribution in [-0.4, -0.2) is 16.3 Å². The number of ketones is 1. The van der Waals surface area contributed by atoms with Gasteiger partial charge in [-0.05, 0) is 42.7 Å². The summed E-state index contributed by atoms with van der Waals surface area (Å²) >= 11 is 2.12. The molecule has 2 aliphatic rings. The van der Waals surface area contributed by atoms with E-state index < -0.39 is 0 Å². The van der Waals surface area contributed by atoms with Crippen molar-refractivity contribution in [1.82, 2.24) is 0 Å². The van der Waals surface area contributed by atoms with Crippen LogP contribution in [0.25, 0.3) is 0 Å². The average Bonchev–Trinajstić information content (AvgIpc) is 2.76. The van der Waals surface area contributed by atoms with E-state index in [4.69, 9.17) is 0 Å². The molecule has 0 saturated carbocycles. The first-order valence-electron chi connectivity index (χ1n) is 7.74. The zero-order valence-corrected chi connectivity index (χ0v) is 13.5. The number of hydrogen-bond donors (Lipinski definition) is 0. The molecule has 1 aromatic carbocycles. The van der Waals surface area contributed by atoms with E-state index in [0.29, 0.717) is 5.78 Å². The van der Waals surface area contributed by atoms with E-state index in [1.165, 1.54) is 18.4 Å². The molecule has 0 spiro atoms. The van der Waals surface area contributed by atoms with Crippen molar-refractivity contribution in [3.05, 3.63) is 35.4 Å². The summed E-state index contributed by atoms with van der Waals surface area (Å²) in [7, 11) is 0. The van der Waals surface area contributed by atoms with E-state index in [2.05, 4.69) is 44.7 Å². The van der Waals surface area contributed by atoms with Gasteiger partial charge in [-0.3, -0.25) is 4.79 Å². The molecule has 2 fully saturated rings. The van der Waals surface area contributed by atoms with Gasteiger partial charge >= 0.3 is 0 Å². The van der Waals surface area contributed by atoms with Crippen molar-refractivity contribution in [2.24, 2.45) is 5.92 Å². The quantitative estimate of drug-likeness (QED) is 0.724. The number of carbonyl (C=O) groups excluding carboxylic acids is 1. The molecule has 2 aliphatic heterocycles. The summed E-state index contributed by atoms with van der Waals surface area (Å²) < 4.78 is 0. The molecule has 0 aromatic heterocycles. The van der Waals surface area contributed by atoms with Crippen LogP contribution in [0.3, 0.4) is 0 Å². The third kappa shape index (κ3) is 2.81. The number of hydrogen-bond acceptors (Lipinski definition) is 2. The molecule has 1 aromatic rings. The third-order valence-corrected chi connectivity index (χ3v) is 6.30. The van der Waals surface area contributed by atoms with Gasteiger partial charge in [-0.25, -0.2) is 0 Å². The molecule has 0 radical (unpaired) electrons. The number of rotatable bonds is 2. The highest BCUT2D eigenvalue weighted by atomic mass is 32.2. The Morgan fingerprint density at radius 1 is 1.15 bits per heavy atom. The van der Waals surface area contributed by atoms with Gasteiger partial charge < -0.3 is 0 Å². The topological polar surface area (TPSA) is 17.1 Å². The van der Waals surface area contributed by atoms with Crippen LogP contribution in [0.15, 0.2) is 24.3 Å². The lowest BCUT2D eigenvalue weighted by Gasteiger charge is -2.27. The van der Waals surface area contributed by atoms with Gasteiger partial charge in [0.1, 0.15) is 0 Å². The van der Waals surface area contributed by atoms with Crippen LogP contribution in [0.4, 0.5) is 0 Å². The Labute approximate surface area is 126 Å². The first-order chi connectivity index (χ1) is 9.43. The smallest absolute Gasteiger partial charge is 0.166 e. The normalized spacial score (nSPS) is 29.4. The number of carbonyl (C=O) groups is 1.